The highest BCUT2D eigenvalue weighted by atomic mass is 32.1. The number of hydrogen-bond donors (Lipinski definition) is 1. The molecule has 1 fully saturated rings. The topological polar surface area (TPSA) is 49.4 Å². The van der Waals surface area contributed by atoms with Crippen molar-refractivity contribution < 1.29 is 9.59 Å². The predicted molar refractivity (Wildman–Crippen MR) is 85.5 cm³/mol. The van der Waals surface area contributed by atoms with Crippen molar-refractivity contribution in [1.82, 2.24) is 10.2 Å². The summed E-state index contributed by atoms with van der Waals surface area (Å²) in [6, 6.07) is 4.00. The minimum Gasteiger partial charge on any atom is -0.351 e. The molecular weight excluding hydrogens is 284 g/mol. The van der Waals surface area contributed by atoms with E-state index in [1.807, 2.05) is 23.4 Å². The van der Waals surface area contributed by atoms with Crippen LogP contribution in [0, 0.1) is 5.92 Å². The first-order valence-electron chi connectivity index (χ1n) is 7.67. The van der Waals surface area contributed by atoms with Crippen molar-refractivity contribution in [3.63, 3.8) is 0 Å². The van der Waals surface area contributed by atoms with Crippen LogP contribution >= 0.6 is 11.3 Å². The van der Waals surface area contributed by atoms with Gasteiger partial charge in [0.2, 0.25) is 5.91 Å². The molecule has 1 saturated carbocycles. The molecule has 2 atom stereocenters. The van der Waals surface area contributed by atoms with Gasteiger partial charge in [-0.25, -0.2) is 0 Å². The van der Waals surface area contributed by atoms with Gasteiger partial charge < -0.3 is 10.2 Å². The first kappa shape index (κ1) is 16.0. The van der Waals surface area contributed by atoms with Crippen LogP contribution < -0.4 is 5.32 Å². The maximum Gasteiger partial charge on any atom is 0.261 e. The largest absolute Gasteiger partial charge is 0.351 e. The quantitative estimate of drug-likeness (QED) is 0.909. The summed E-state index contributed by atoms with van der Waals surface area (Å²) in [5, 5.41) is 4.68. The van der Waals surface area contributed by atoms with Crippen molar-refractivity contribution in [2.45, 2.75) is 45.1 Å². The number of carbonyl (C=O) groups excluding carboxylic acids is 2. The van der Waals surface area contributed by atoms with Crippen LogP contribution in [0.4, 0.5) is 0 Å². The Balaban J connectivity index is 1.75. The van der Waals surface area contributed by atoms with Gasteiger partial charge in [-0.2, -0.15) is 0 Å². The van der Waals surface area contributed by atoms with Gasteiger partial charge >= 0.3 is 0 Å². The molecule has 4 nitrogen and oxygen atoms in total. The summed E-state index contributed by atoms with van der Waals surface area (Å²) in [6.45, 7) is 2.63. The third-order valence-electron chi connectivity index (χ3n) is 4.33. The molecule has 0 aliphatic heterocycles. The van der Waals surface area contributed by atoms with Crippen LogP contribution in [-0.4, -0.2) is 36.3 Å². The zero-order valence-electron chi connectivity index (χ0n) is 12.8. The van der Waals surface area contributed by atoms with E-state index < -0.39 is 0 Å². The third-order valence-corrected chi connectivity index (χ3v) is 5.20. The molecule has 0 radical (unpaired) electrons. The molecule has 116 valence electrons. The smallest absolute Gasteiger partial charge is 0.261 e. The van der Waals surface area contributed by atoms with E-state index in [4.69, 9.17) is 0 Å². The van der Waals surface area contributed by atoms with E-state index in [9.17, 15) is 9.59 Å². The molecule has 1 N–H and O–H groups in total. The zero-order valence-corrected chi connectivity index (χ0v) is 13.6. The maximum atomic E-state index is 12.2. The van der Waals surface area contributed by atoms with Gasteiger partial charge in [0.15, 0.2) is 0 Å². The Hall–Kier alpha value is -1.36. The van der Waals surface area contributed by atoms with E-state index in [0.717, 1.165) is 6.42 Å². The number of amides is 2. The Kier molecular flexibility index (Phi) is 5.79. The molecule has 1 aliphatic rings. The average molecular weight is 308 g/mol. The fourth-order valence-corrected chi connectivity index (χ4v) is 3.65. The number of nitrogens with zero attached hydrogens (tertiary/aromatic N) is 1. The van der Waals surface area contributed by atoms with Crippen LogP contribution in [0.1, 0.15) is 48.7 Å². The second-order valence-corrected chi connectivity index (χ2v) is 6.76. The Labute approximate surface area is 130 Å². The molecule has 1 heterocycles. The maximum absolute atomic E-state index is 12.2. The first-order chi connectivity index (χ1) is 10.1. The summed E-state index contributed by atoms with van der Waals surface area (Å²) in [7, 11) is 1.90. The number of carbonyl (C=O) groups is 2. The highest BCUT2D eigenvalue weighted by Crippen LogP contribution is 2.27. The lowest BCUT2D eigenvalue weighted by molar-refractivity contribution is -0.133. The van der Waals surface area contributed by atoms with Crippen LogP contribution in [0.3, 0.4) is 0 Å². The summed E-state index contributed by atoms with van der Waals surface area (Å²) in [4.78, 5) is 26.6. The number of nitrogens with one attached hydrogen (secondary N) is 1. The SMILES string of the molecule is CC1CCCCC1N(C)C(=O)CCNC(=O)c1cccs1. The van der Waals surface area contributed by atoms with Crippen LogP contribution in [0.25, 0.3) is 0 Å². The second-order valence-electron chi connectivity index (χ2n) is 5.82. The van der Waals surface area contributed by atoms with Crippen molar-refractivity contribution >= 4 is 23.2 Å². The zero-order chi connectivity index (χ0) is 15.2. The molecule has 2 amide bonds. The lowest BCUT2D eigenvalue weighted by Gasteiger charge is -2.36. The van der Waals surface area contributed by atoms with Gasteiger partial charge in [-0.05, 0) is 30.2 Å². The molecule has 0 spiro atoms. The van der Waals surface area contributed by atoms with Crippen molar-refractivity contribution in [3.05, 3.63) is 22.4 Å². The Morgan fingerprint density at radius 2 is 2.14 bits per heavy atom. The fraction of sp³-hybridized carbons (Fsp3) is 0.625. The second kappa shape index (κ2) is 7.59. The normalized spacial score (nSPS) is 21.8. The van der Waals surface area contributed by atoms with Gasteiger partial charge in [0.05, 0.1) is 4.88 Å². The summed E-state index contributed by atoms with van der Waals surface area (Å²) in [5.41, 5.74) is 0. The average Bonchev–Trinajstić information content (AvgIpc) is 3.01. The standard InChI is InChI=1S/C16H24N2O2S/c1-12-6-3-4-7-13(12)18(2)15(19)9-10-17-16(20)14-8-5-11-21-14/h5,8,11-13H,3-4,6-7,9-10H2,1-2H3,(H,17,20). The van der Waals surface area contributed by atoms with E-state index in [1.165, 1.54) is 30.6 Å². The van der Waals surface area contributed by atoms with Gasteiger partial charge in [0.1, 0.15) is 0 Å². The van der Waals surface area contributed by atoms with E-state index in [-0.39, 0.29) is 11.8 Å². The van der Waals surface area contributed by atoms with E-state index in [1.54, 1.807) is 6.07 Å². The van der Waals surface area contributed by atoms with Gasteiger partial charge in [0, 0.05) is 26.1 Å². The summed E-state index contributed by atoms with van der Waals surface area (Å²) in [6.07, 6.45) is 5.16. The molecule has 1 aliphatic carbocycles. The van der Waals surface area contributed by atoms with Crippen LogP contribution in [0.5, 0.6) is 0 Å². The van der Waals surface area contributed by atoms with Crippen molar-refractivity contribution in [2.24, 2.45) is 5.92 Å². The molecule has 2 rings (SSSR count). The minimum absolute atomic E-state index is 0.0912. The van der Waals surface area contributed by atoms with Gasteiger partial charge in [-0.3, -0.25) is 9.59 Å². The number of rotatable bonds is 5. The summed E-state index contributed by atoms with van der Waals surface area (Å²) in [5.74, 6) is 0.611. The van der Waals surface area contributed by atoms with Gasteiger partial charge in [0.25, 0.3) is 5.91 Å². The van der Waals surface area contributed by atoms with Crippen molar-refractivity contribution in [1.29, 1.82) is 0 Å². The fourth-order valence-electron chi connectivity index (χ4n) is 3.01. The molecule has 0 aromatic carbocycles. The molecule has 1 aromatic heterocycles. The highest BCUT2D eigenvalue weighted by molar-refractivity contribution is 7.12. The lowest BCUT2D eigenvalue weighted by atomic mass is 9.85. The van der Waals surface area contributed by atoms with E-state index in [2.05, 4.69) is 12.2 Å². The molecule has 0 saturated heterocycles. The molecule has 5 heteroatoms. The summed E-state index contributed by atoms with van der Waals surface area (Å²) < 4.78 is 0. The van der Waals surface area contributed by atoms with Crippen molar-refractivity contribution in [2.75, 3.05) is 13.6 Å². The highest BCUT2D eigenvalue weighted by Gasteiger charge is 2.27. The number of hydrogen-bond acceptors (Lipinski definition) is 3. The van der Waals surface area contributed by atoms with Crippen LogP contribution in [-0.2, 0) is 4.79 Å². The molecule has 2 unspecified atom stereocenters. The Bertz CT molecular complexity index is 473. The molecule has 1 aromatic rings. The molecule has 0 bridgehead atoms. The minimum atomic E-state index is -0.0912. The van der Waals surface area contributed by atoms with E-state index in [0.29, 0.717) is 29.8 Å². The van der Waals surface area contributed by atoms with E-state index >= 15 is 0 Å². The van der Waals surface area contributed by atoms with Gasteiger partial charge in [-0.15, -0.1) is 11.3 Å². The Morgan fingerprint density at radius 1 is 1.38 bits per heavy atom. The molecular formula is C16H24N2O2S. The molecule has 21 heavy (non-hydrogen) atoms. The Morgan fingerprint density at radius 3 is 2.81 bits per heavy atom. The predicted octanol–water partition coefficient (Wildman–Crippen LogP) is 2.91. The van der Waals surface area contributed by atoms with Crippen LogP contribution in [0.2, 0.25) is 0 Å². The van der Waals surface area contributed by atoms with Crippen molar-refractivity contribution in [3.8, 4) is 0 Å². The van der Waals surface area contributed by atoms with Gasteiger partial charge in [-0.1, -0.05) is 25.8 Å². The summed E-state index contributed by atoms with van der Waals surface area (Å²) >= 11 is 1.41. The monoisotopic (exact) mass is 308 g/mol. The van der Waals surface area contributed by atoms with Crippen LogP contribution in [0.15, 0.2) is 17.5 Å². The third kappa shape index (κ3) is 4.30. The number of thiophene rings is 1. The lowest BCUT2D eigenvalue weighted by Crippen LogP contribution is -2.43. The first-order valence-corrected chi connectivity index (χ1v) is 8.55.